The average molecular weight is 277 g/mol. The first-order chi connectivity index (χ1) is 9.74. The Morgan fingerprint density at radius 3 is 2.70 bits per heavy atom. The SMILES string of the molecule is CCCCCC1COC(c2ccc(F)c(C#N)c2)OC1. The van der Waals surface area contributed by atoms with Gasteiger partial charge in [0, 0.05) is 11.5 Å². The topological polar surface area (TPSA) is 42.2 Å². The summed E-state index contributed by atoms with van der Waals surface area (Å²) in [5.41, 5.74) is 0.731. The van der Waals surface area contributed by atoms with E-state index in [0.29, 0.717) is 24.7 Å². The molecule has 108 valence electrons. The van der Waals surface area contributed by atoms with E-state index in [4.69, 9.17) is 14.7 Å². The summed E-state index contributed by atoms with van der Waals surface area (Å²) in [6.07, 6.45) is 4.29. The Morgan fingerprint density at radius 2 is 2.05 bits per heavy atom. The first-order valence-corrected chi connectivity index (χ1v) is 7.17. The van der Waals surface area contributed by atoms with Crippen LogP contribution in [0.4, 0.5) is 4.39 Å². The second kappa shape index (κ2) is 7.37. The zero-order valence-corrected chi connectivity index (χ0v) is 11.8. The molecule has 0 aliphatic carbocycles. The van der Waals surface area contributed by atoms with E-state index >= 15 is 0 Å². The predicted molar refractivity (Wildman–Crippen MR) is 73.4 cm³/mol. The molecule has 0 radical (unpaired) electrons. The molecule has 20 heavy (non-hydrogen) atoms. The first kappa shape index (κ1) is 15.0. The van der Waals surface area contributed by atoms with Gasteiger partial charge >= 0.3 is 0 Å². The molecule has 0 unspecified atom stereocenters. The minimum atomic E-state index is -0.510. The summed E-state index contributed by atoms with van der Waals surface area (Å²) in [6, 6.07) is 6.22. The standard InChI is InChI=1S/C16H20FNO2/c1-2-3-4-5-12-10-19-16(20-11-12)13-6-7-15(17)14(8-13)9-18/h6-8,12,16H,2-5,10-11H2,1H3. The van der Waals surface area contributed by atoms with Crippen molar-refractivity contribution >= 4 is 0 Å². The molecule has 0 atom stereocenters. The molecule has 2 rings (SSSR count). The van der Waals surface area contributed by atoms with Gasteiger partial charge in [-0.1, -0.05) is 32.3 Å². The fourth-order valence-corrected chi connectivity index (χ4v) is 2.36. The first-order valence-electron chi connectivity index (χ1n) is 7.17. The third-order valence-corrected chi connectivity index (χ3v) is 3.57. The highest BCUT2D eigenvalue weighted by atomic mass is 19.1. The van der Waals surface area contributed by atoms with E-state index in [1.54, 1.807) is 6.07 Å². The second-order valence-electron chi connectivity index (χ2n) is 5.21. The van der Waals surface area contributed by atoms with Gasteiger partial charge in [-0.15, -0.1) is 0 Å². The largest absolute Gasteiger partial charge is 0.348 e. The van der Waals surface area contributed by atoms with Crippen LogP contribution >= 0.6 is 0 Å². The lowest BCUT2D eigenvalue weighted by atomic mass is 10.0. The van der Waals surface area contributed by atoms with Crippen LogP contribution in [0.2, 0.25) is 0 Å². The number of nitriles is 1. The van der Waals surface area contributed by atoms with Gasteiger partial charge in [-0.25, -0.2) is 4.39 Å². The van der Waals surface area contributed by atoms with Gasteiger partial charge in [0.1, 0.15) is 11.9 Å². The maximum atomic E-state index is 13.3. The monoisotopic (exact) mass is 277 g/mol. The van der Waals surface area contributed by atoms with E-state index in [1.165, 1.54) is 31.4 Å². The maximum Gasteiger partial charge on any atom is 0.183 e. The number of rotatable bonds is 5. The predicted octanol–water partition coefficient (Wildman–Crippen LogP) is 3.94. The van der Waals surface area contributed by atoms with Crippen molar-refractivity contribution in [2.24, 2.45) is 5.92 Å². The third kappa shape index (κ3) is 3.78. The van der Waals surface area contributed by atoms with Crippen molar-refractivity contribution < 1.29 is 13.9 Å². The summed E-state index contributed by atoms with van der Waals surface area (Å²) in [5, 5.41) is 8.83. The Balaban J connectivity index is 1.89. The van der Waals surface area contributed by atoms with Crippen LogP contribution in [0.3, 0.4) is 0 Å². The smallest absolute Gasteiger partial charge is 0.183 e. The van der Waals surface area contributed by atoms with Crippen LogP contribution in [0.25, 0.3) is 0 Å². The summed E-state index contributed by atoms with van der Waals surface area (Å²) in [7, 11) is 0. The van der Waals surface area contributed by atoms with Crippen LogP contribution in [0.5, 0.6) is 0 Å². The number of benzene rings is 1. The fourth-order valence-electron chi connectivity index (χ4n) is 2.36. The van der Waals surface area contributed by atoms with E-state index in [-0.39, 0.29) is 5.56 Å². The second-order valence-corrected chi connectivity index (χ2v) is 5.21. The van der Waals surface area contributed by atoms with Gasteiger partial charge in [0.25, 0.3) is 0 Å². The highest BCUT2D eigenvalue weighted by molar-refractivity contribution is 5.34. The van der Waals surface area contributed by atoms with Crippen molar-refractivity contribution in [3.05, 3.63) is 35.1 Å². The van der Waals surface area contributed by atoms with E-state index in [2.05, 4.69) is 6.92 Å². The lowest BCUT2D eigenvalue weighted by molar-refractivity contribution is -0.206. The molecule has 1 saturated heterocycles. The quantitative estimate of drug-likeness (QED) is 0.765. The Kier molecular flexibility index (Phi) is 5.51. The summed E-state index contributed by atoms with van der Waals surface area (Å²) in [4.78, 5) is 0. The Morgan fingerprint density at radius 1 is 1.30 bits per heavy atom. The molecule has 4 heteroatoms. The molecule has 1 aromatic rings. The van der Waals surface area contributed by atoms with Crippen molar-refractivity contribution in [2.75, 3.05) is 13.2 Å². The minimum Gasteiger partial charge on any atom is -0.348 e. The Hall–Kier alpha value is -1.44. The van der Waals surface area contributed by atoms with Crippen LogP contribution in [-0.4, -0.2) is 13.2 Å². The molecule has 0 spiro atoms. The number of halogens is 1. The van der Waals surface area contributed by atoms with Gasteiger partial charge in [-0.05, 0) is 18.6 Å². The normalized spacial score (nSPS) is 22.4. The van der Waals surface area contributed by atoms with Crippen molar-refractivity contribution in [3.63, 3.8) is 0 Å². The number of ether oxygens (including phenoxy) is 2. The number of unbranched alkanes of at least 4 members (excludes halogenated alkanes) is 2. The van der Waals surface area contributed by atoms with E-state index in [0.717, 1.165) is 6.42 Å². The van der Waals surface area contributed by atoms with Gasteiger partial charge in [-0.2, -0.15) is 5.26 Å². The summed E-state index contributed by atoms with van der Waals surface area (Å²) in [6.45, 7) is 3.51. The summed E-state index contributed by atoms with van der Waals surface area (Å²) < 4.78 is 24.7. The Labute approximate surface area is 119 Å². The van der Waals surface area contributed by atoms with Crippen molar-refractivity contribution in [1.82, 2.24) is 0 Å². The Bertz CT molecular complexity index is 476. The van der Waals surface area contributed by atoms with Gasteiger partial charge in [0.15, 0.2) is 6.29 Å². The highest BCUT2D eigenvalue weighted by Crippen LogP contribution is 2.28. The van der Waals surface area contributed by atoms with Gasteiger partial charge in [0.2, 0.25) is 0 Å². The van der Waals surface area contributed by atoms with Crippen LogP contribution < -0.4 is 0 Å². The van der Waals surface area contributed by atoms with Crippen LogP contribution in [0, 0.1) is 23.1 Å². The van der Waals surface area contributed by atoms with Crippen LogP contribution in [0.15, 0.2) is 18.2 Å². The highest BCUT2D eigenvalue weighted by Gasteiger charge is 2.23. The van der Waals surface area contributed by atoms with Crippen molar-refractivity contribution in [2.45, 2.75) is 38.9 Å². The summed E-state index contributed by atoms with van der Waals surface area (Å²) in [5.74, 6) is -0.0711. The van der Waals surface area contributed by atoms with Gasteiger partial charge in [-0.3, -0.25) is 0 Å². The fraction of sp³-hybridized carbons (Fsp3) is 0.562. The molecule has 0 bridgehead atoms. The molecule has 0 saturated carbocycles. The molecule has 0 aromatic heterocycles. The zero-order chi connectivity index (χ0) is 14.4. The lowest BCUT2D eigenvalue weighted by Gasteiger charge is -2.29. The minimum absolute atomic E-state index is 0.0276. The van der Waals surface area contributed by atoms with Crippen LogP contribution in [-0.2, 0) is 9.47 Å². The maximum absolute atomic E-state index is 13.3. The molecule has 1 fully saturated rings. The number of hydrogen-bond acceptors (Lipinski definition) is 3. The molecular formula is C16H20FNO2. The molecule has 1 aromatic carbocycles. The van der Waals surface area contributed by atoms with Gasteiger partial charge in [0.05, 0.1) is 18.8 Å². The molecule has 0 N–H and O–H groups in total. The molecular weight excluding hydrogens is 257 g/mol. The van der Waals surface area contributed by atoms with E-state index in [9.17, 15) is 4.39 Å². The lowest BCUT2D eigenvalue weighted by Crippen LogP contribution is -2.27. The molecule has 0 amide bonds. The van der Waals surface area contributed by atoms with Crippen molar-refractivity contribution in [1.29, 1.82) is 5.26 Å². The van der Waals surface area contributed by atoms with Crippen LogP contribution in [0.1, 0.15) is 50.0 Å². The number of hydrogen-bond donors (Lipinski definition) is 0. The zero-order valence-electron chi connectivity index (χ0n) is 11.8. The van der Waals surface area contributed by atoms with E-state index in [1.807, 2.05) is 6.07 Å². The molecule has 1 heterocycles. The van der Waals surface area contributed by atoms with Gasteiger partial charge < -0.3 is 9.47 Å². The molecule has 1 aliphatic rings. The summed E-state index contributed by atoms with van der Waals surface area (Å²) >= 11 is 0. The molecule has 1 aliphatic heterocycles. The van der Waals surface area contributed by atoms with Crippen molar-refractivity contribution in [3.8, 4) is 6.07 Å². The number of nitrogens with zero attached hydrogens (tertiary/aromatic N) is 1. The third-order valence-electron chi connectivity index (χ3n) is 3.57. The van der Waals surface area contributed by atoms with E-state index < -0.39 is 12.1 Å². The average Bonchev–Trinajstić information content (AvgIpc) is 2.49. The molecule has 3 nitrogen and oxygen atoms in total.